The second kappa shape index (κ2) is 7.66. The quantitative estimate of drug-likeness (QED) is 0.852. The highest BCUT2D eigenvalue weighted by Crippen LogP contribution is 2.40. The van der Waals surface area contributed by atoms with E-state index in [1.165, 1.54) is 0 Å². The van der Waals surface area contributed by atoms with Gasteiger partial charge in [-0.05, 0) is 64.3 Å². The molecule has 1 aliphatic heterocycles. The number of aryl methyl sites for hydroxylation is 2. The van der Waals surface area contributed by atoms with Crippen molar-refractivity contribution in [2.24, 2.45) is 0 Å². The Labute approximate surface area is 165 Å². The fraction of sp³-hybridized carbons (Fsp3) is 0.476. The molecule has 150 valence electrons. The lowest BCUT2D eigenvalue weighted by atomic mass is 9.89. The lowest BCUT2D eigenvalue weighted by Crippen LogP contribution is -2.45. The van der Waals surface area contributed by atoms with Crippen molar-refractivity contribution in [1.82, 2.24) is 10.5 Å². The summed E-state index contributed by atoms with van der Waals surface area (Å²) >= 11 is 0. The average Bonchev–Trinajstić information content (AvgIpc) is 2.92. The number of fused-ring (bicyclic) bond motifs is 1. The van der Waals surface area contributed by atoms with Crippen molar-refractivity contribution >= 4 is 17.7 Å². The van der Waals surface area contributed by atoms with Crippen LogP contribution in [0.15, 0.2) is 22.7 Å². The molecule has 0 fully saturated rings. The van der Waals surface area contributed by atoms with Crippen LogP contribution in [-0.4, -0.2) is 29.3 Å². The van der Waals surface area contributed by atoms with Gasteiger partial charge in [0.2, 0.25) is 5.91 Å². The van der Waals surface area contributed by atoms with Gasteiger partial charge in [-0.3, -0.25) is 4.79 Å². The smallest absolute Gasteiger partial charge is 0.407 e. The molecule has 0 spiro atoms. The first kappa shape index (κ1) is 19.9. The molecule has 1 aromatic carbocycles. The van der Waals surface area contributed by atoms with Crippen LogP contribution in [-0.2, 0) is 9.53 Å². The molecule has 2 atom stereocenters. The van der Waals surface area contributed by atoms with E-state index in [9.17, 15) is 9.59 Å². The number of alkyl carbamates (subject to hydrolysis) is 1. The van der Waals surface area contributed by atoms with Gasteiger partial charge in [-0.15, -0.1) is 0 Å². The lowest BCUT2D eigenvalue weighted by molar-refractivity contribution is -0.117. The van der Waals surface area contributed by atoms with E-state index in [1.54, 1.807) is 11.8 Å². The topological polar surface area (TPSA) is 84.7 Å². The number of carbonyl (C=O) groups excluding carboxylic acids is 2. The molecule has 0 bridgehead atoms. The zero-order chi connectivity index (χ0) is 20.6. The molecule has 1 aromatic heterocycles. The Bertz CT molecular complexity index is 884. The minimum absolute atomic E-state index is 0.0259. The molecule has 7 nitrogen and oxygen atoms in total. The third-order valence-electron chi connectivity index (χ3n) is 4.98. The summed E-state index contributed by atoms with van der Waals surface area (Å²) in [6.07, 6.45) is -0.0646. The molecule has 2 aromatic rings. The van der Waals surface area contributed by atoms with Crippen molar-refractivity contribution in [2.75, 3.05) is 4.90 Å². The summed E-state index contributed by atoms with van der Waals surface area (Å²) < 4.78 is 10.6. The molecule has 7 heteroatoms. The predicted octanol–water partition coefficient (Wildman–Crippen LogP) is 4.28. The molecule has 0 saturated carbocycles. The van der Waals surface area contributed by atoms with Crippen molar-refractivity contribution in [1.29, 1.82) is 0 Å². The van der Waals surface area contributed by atoms with Crippen LogP contribution in [0.25, 0.3) is 11.1 Å². The Kier molecular flexibility index (Phi) is 5.45. The van der Waals surface area contributed by atoms with Crippen molar-refractivity contribution in [3.63, 3.8) is 0 Å². The number of nitrogens with zero attached hydrogens (tertiary/aromatic N) is 2. The minimum atomic E-state index is -0.461. The molecular weight excluding hydrogens is 358 g/mol. The summed E-state index contributed by atoms with van der Waals surface area (Å²) in [6, 6.07) is 5.59. The highest BCUT2D eigenvalue weighted by molar-refractivity contribution is 5.94. The minimum Gasteiger partial charge on any atom is -0.447 e. The third kappa shape index (κ3) is 3.74. The van der Waals surface area contributed by atoms with Gasteiger partial charge < -0.3 is 19.5 Å². The number of carbonyl (C=O) groups is 2. The Hall–Kier alpha value is -2.83. The van der Waals surface area contributed by atoms with Crippen LogP contribution in [0, 0.1) is 13.8 Å². The van der Waals surface area contributed by atoms with E-state index in [0.29, 0.717) is 6.42 Å². The maximum Gasteiger partial charge on any atom is 0.407 e. The molecular formula is C21H27N3O4. The summed E-state index contributed by atoms with van der Waals surface area (Å²) in [4.78, 5) is 26.3. The van der Waals surface area contributed by atoms with E-state index in [-0.39, 0.29) is 24.1 Å². The number of hydrogen-bond donors (Lipinski definition) is 1. The first-order chi connectivity index (χ1) is 13.2. The van der Waals surface area contributed by atoms with Crippen molar-refractivity contribution in [3.05, 3.63) is 35.2 Å². The summed E-state index contributed by atoms with van der Waals surface area (Å²) in [5, 5.41) is 6.99. The van der Waals surface area contributed by atoms with Gasteiger partial charge in [0.05, 0.1) is 17.8 Å². The second-order valence-electron chi connectivity index (χ2n) is 7.60. The summed E-state index contributed by atoms with van der Waals surface area (Å²) in [5.41, 5.74) is 4.35. The molecule has 2 heterocycles. The number of aromatic nitrogens is 1. The summed E-state index contributed by atoms with van der Waals surface area (Å²) in [6.45, 7) is 10.9. The van der Waals surface area contributed by atoms with E-state index < -0.39 is 6.09 Å². The number of amides is 2. The standard InChI is InChI=1S/C21H27N3O4/c1-11(2)27-21(26)22-18-9-12(3)24(15(6)25)19-8-7-16(10-17(18)19)20-13(4)23-28-14(20)5/h7-8,10-12,18H,9H2,1-6H3,(H,22,26). The number of hydrogen-bond acceptors (Lipinski definition) is 5. The number of nitrogens with one attached hydrogen (secondary N) is 1. The first-order valence-corrected chi connectivity index (χ1v) is 9.53. The molecule has 1 N–H and O–H groups in total. The molecule has 3 rings (SSSR count). The molecule has 2 unspecified atom stereocenters. The van der Waals surface area contributed by atoms with E-state index in [0.717, 1.165) is 33.8 Å². The van der Waals surface area contributed by atoms with Gasteiger partial charge in [0, 0.05) is 24.2 Å². The Morgan fingerprint density at radius 1 is 1.32 bits per heavy atom. The molecule has 0 saturated heterocycles. The largest absolute Gasteiger partial charge is 0.447 e. The van der Waals surface area contributed by atoms with Crippen molar-refractivity contribution < 1.29 is 18.8 Å². The van der Waals surface area contributed by atoms with Crippen molar-refractivity contribution in [2.45, 2.75) is 66.2 Å². The number of ether oxygens (including phenoxy) is 1. The average molecular weight is 385 g/mol. The predicted molar refractivity (Wildman–Crippen MR) is 106 cm³/mol. The molecule has 0 radical (unpaired) electrons. The molecule has 2 amide bonds. The third-order valence-corrected chi connectivity index (χ3v) is 4.98. The number of anilines is 1. The maximum atomic E-state index is 12.3. The normalized spacial score (nSPS) is 18.8. The maximum absolute atomic E-state index is 12.3. The Morgan fingerprint density at radius 2 is 2.04 bits per heavy atom. The Balaban J connectivity index is 2.06. The van der Waals surface area contributed by atoms with Crippen LogP contribution in [0.3, 0.4) is 0 Å². The van der Waals surface area contributed by atoms with Gasteiger partial charge in [-0.2, -0.15) is 0 Å². The number of benzene rings is 1. The SMILES string of the molecule is CC(=O)N1c2ccc(-c3c(C)noc3C)cc2C(NC(=O)OC(C)C)CC1C. The second-order valence-corrected chi connectivity index (χ2v) is 7.60. The van der Waals surface area contributed by atoms with Gasteiger partial charge in [0.25, 0.3) is 0 Å². The first-order valence-electron chi connectivity index (χ1n) is 9.53. The van der Waals surface area contributed by atoms with Gasteiger partial charge in [-0.1, -0.05) is 11.2 Å². The summed E-state index contributed by atoms with van der Waals surface area (Å²) in [5.74, 6) is 0.704. The Morgan fingerprint density at radius 3 is 2.61 bits per heavy atom. The van der Waals surface area contributed by atoms with E-state index in [2.05, 4.69) is 10.5 Å². The fourth-order valence-corrected chi connectivity index (χ4v) is 3.92. The van der Waals surface area contributed by atoms with Crippen LogP contribution in [0.2, 0.25) is 0 Å². The highest BCUT2D eigenvalue weighted by Gasteiger charge is 2.34. The van der Waals surface area contributed by atoms with Gasteiger partial charge in [0.15, 0.2) is 0 Å². The molecule has 1 aliphatic rings. The zero-order valence-electron chi connectivity index (χ0n) is 17.2. The lowest BCUT2D eigenvalue weighted by Gasteiger charge is -2.39. The van der Waals surface area contributed by atoms with Crippen molar-refractivity contribution in [3.8, 4) is 11.1 Å². The number of rotatable bonds is 3. The van der Waals surface area contributed by atoms with Crippen LogP contribution in [0.1, 0.15) is 57.2 Å². The van der Waals surface area contributed by atoms with Gasteiger partial charge in [0.1, 0.15) is 5.76 Å². The van der Waals surface area contributed by atoms with Gasteiger partial charge >= 0.3 is 6.09 Å². The van der Waals surface area contributed by atoms with Crippen LogP contribution in [0.4, 0.5) is 10.5 Å². The molecule has 28 heavy (non-hydrogen) atoms. The van der Waals surface area contributed by atoms with E-state index in [4.69, 9.17) is 9.26 Å². The van der Waals surface area contributed by atoms with Crippen LogP contribution in [0.5, 0.6) is 0 Å². The van der Waals surface area contributed by atoms with Gasteiger partial charge in [-0.25, -0.2) is 4.79 Å². The fourth-order valence-electron chi connectivity index (χ4n) is 3.92. The monoisotopic (exact) mass is 385 g/mol. The van der Waals surface area contributed by atoms with Crippen LogP contribution >= 0.6 is 0 Å². The zero-order valence-corrected chi connectivity index (χ0v) is 17.2. The van der Waals surface area contributed by atoms with Crippen LogP contribution < -0.4 is 10.2 Å². The van der Waals surface area contributed by atoms with E-state index in [1.807, 2.05) is 52.8 Å². The van der Waals surface area contributed by atoms with E-state index >= 15 is 0 Å². The summed E-state index contributed by atoms with van der Waals surface area (Å²) in [7, 11) is 0. The molecule has 0 aliphatic carbocycles. The highest BCUT2D eigenvalue weighted by atomic mass is 16.6.